The van der Waals surface area contributed by atoms with Gasteiger partial charge in [0.25, 0.3) is 0 Å². The summed E-state index contributed by atoms with van der Waals surface area (Å²) in [7, 11) is 0. The van der Waals surface area contributed by atoms with Crippen molar-refractivity contribution >= 4 is 17.1 Å². The first-order valence-corrected chi connectivity index (χ1v) is 4.00. The van der Waals surface area contributed by atoms with Crippen LogP contribution < -0.4 is 21.7 Å². The largest absolute Gasteiger partial charge is 0.399 e. The summed E-state index contributed by atoms with van der Waals surface area (Å²) in [6.07, 6.45) is 0. The zero-order chi connectivity index (χ0) is 8.55. The average molecular weight is 164 g/mol. The van der Waals surface area contributed by atoms with Gasteiger partial charge in [0.05, 0.1) is 11.4 Å². The zero-order valence-corrected chi connectivity index (χ0v) is 6.96. The van der Waals surface area contributed by atoms with Gasteiger partial charge < -0.3 is 11.2 Å². The second-order valence-corrected chi connectivity index (χ2v) is 2.76. The van der Waals surface area contributed by atoms with Crippen molar-refractivity contribution in [2.75, 3.05) is 22.7 Å². The van der Waals surface area contributed by atoms with E-state index in [0.717, 1.165) is 23.6 Å². The van der Waals surface area contributed by atoms with Gasteiger partial charge in [-0.15, -0.1) is 5.53 Å². The van der Waals surface area contributed by atoms with Crippen molar-refractivity contribution in [2.45, 2.75) is 6.92 Å². The van der Waals surface area contributed by atoms with E-state index in [4.69, 9.17) is 5.73 Å². The summed E-state index contributed by atoms with van der Waals surface area (Å²) in [6, 6.07) is 5.81. The molecule has 0 radical (unpaired) electrons. The van der Waals surface area contributed by atoms with Crippen LogP contribution in [0.1, 0.15) is 6.92 Å². The maximum atomic E-state index is 5.63. The van der Waals surface area contributed by atoms with Crippen LogP contribution in [0.4, 0.5) is 17.1 Å². The van der Waals surface area contributed by atoms with Gasteiger partial charge in [-0.25, -0.2) is 0 Å². The maximum absolute atomic E-state index is 5.63. The van der Waals surface area contributed by atoms with Crippen molar-refractivity contribution in [2.24, 2.45) is 0 Å². The third-order valence-electron chi connectivity index (χ3n) is 1.95. The highest BCUT2D eigenvalue weighted by Gasteiger charge is 2.15. The summed E-state index contributed by atoms with van der Waals surface area (Å²) in [4.78, 5) is 0. The van der Waals surface area contributed by atoms with E-state index in [2.05, 4.69) is 17.9 Å². The highest BCUT2D eigenvalue weighted by atomic mass is 15.7. The normalized spacial score (nSPS) is 14.2. The number of nitrogens with zero attached hydrogens (tertiary/aromatic N) is 1. The molecular formula is C8H12N4. The molecule has 1 aliphatic heterocycles. The molecule has 0 aliphatic carbocycles. The monoisotopic (exact) mass is 164 g/mol. The lowest BCUT2D eigenvalue weighted by Crippen LogP contribution is -2.35. The minimum atomic E-state index is 0.779. The smallest absolute Gasteiger partial charge is 0.0784 e. The molecule has 4 nitrogen and oxygen atoms in total. The first kappa shape index (κ1) is 7.24. The molecule has 1 heterocycles. The van der Waals surface area contributed by atoms with Crippen molar-refractivity contribution in [3.05, 3.63) is 18.2 Å². The topological polar surface area (TPSA) is 53.3 Å². The molecule has 64 valence electrons. The summed E-state index contributed by atoms with van der Waals surface area (Å²) in [5.41, 5.74) is 14.7. The number of hydrogen-bond donors (Lipinski definition) is 3. The number of benzene rings is 1. The standard InChI is InChI=1S/C8H12N4/c1-2-12-8-4-3-6(9)5-7(8)10-11-12/h3-5,10-11H,2,9H2,1H3. The Balaban J connectivity index is 2.40. The number of hydrogen-bond acceptors (Lipinski definition) is 4. The van der Waals surface area contributed by atoms with E-state index >= 15 is 0 Å². The molecule has 0 fully saturated rings. The number of nitrogens with one attached hydrogen (secondary N) is 2. The van der Waals surface area contributed by atoms with Crippen LogP contribution in [0.3, 0.4) is 0 Å². The van der Waals surface area contributed by atoms with Gasteiger partial charge in [0.15, 0.2) is 0 Å². The van der Waals surface area contributed by atoms with E-state index in [1.54, 1.807) is 0 Å². The van der Waals surface area contributed by atoms with Crippen LogP contribution in [-0.4, -0.2) is 6.54 Å². The summed E-state index contributed by atoms with van der Waals surface area (Å²) >= 11 is 0. The second-order valence-electron chi connectivity index (χ2n) is 2.76. The fourth-order valence-corrected chi connectivity index (χ4v) is 1.33. The van der Waals surface area contributed by atoms with Gasteiger partial charge in [0.1, 0.15) is 0 Å². The molecule has 1 aromatic carbocycles. The molecule has 0 spiro atoms. The van der Waals surface area contributed by atoms with Gasteiger partial charge in [0.2, 0.25) is 0 Å². The summed E-state index contributed by atoms with van der Waals surface area (Å²) in [5.74, 6) is 0. The Kier molecular flexibility index (Phi) is 1.55. The Hall–Kier alpha value is -1.42. The van der Waals surface area contributed by atoms with Crippen LogP contribution >= 0.6 is 0 Å². The van der Waals surface area contributed by atoms with E-state index in [0.29, 0.717) is 0 Å². The molecule has 0 bridgehead atoms. The van der Waals surface area contributed by atoms with Crippen LogP contribution in [0.15, 0.2) is 18.2 Å². The van der Waals surface area contributed by atoms with E-state index in [-0.39, 0.29) is 0 Å². The van der Waals surface area contributed by atoms with Crippen LogP contribution in [-0.2, 0) is 0 Å². The molecule has 0 saturated carbocycles. The first-order valence-electron chi connectivity index (χ1n) is 4.00. The van der Waals surface area contributed by atoms with Crippen molar-refractivity contribution in [3.8, 4) is 0 Å². The Bertz CT molecular complexity index is 297. The lowest BCUT2D eigenvalue weighted by atomic mass is 10.2. The zero-order valence-electron chi connectivity index (χ0n) is 6.96. The minimum Gasteiger partial charge on any atom is -0.399 e. The lowest BCUT2D eigenvalue weighted by molar-refractivity contribution is 0.752. The minimum absolute atomic E-state index is 0.779. The van der Waals surface area contributed by atoms with E-state index < -0.39 is 0 Å². The van der Waals surface area contributed by atoms with Crippen LogP contribution in [0.25, 0.3) is 0 Å². The number of anilines is 3. The molecule has 0 saturated heterocycles. The molecule has 0 unspecified atom stereocenters. The number of nitrogens with two attached hydrogens (primary N) is 1. The number of nitrogen functional groups attached to an aromatic ring is 1. The summed E-state index contributed by atoms with van der Waals surface area (Å²) < 4.78 is 0. The van der Waals surface area contributed by atoms with Gasteiger partial charge in [-0.05, 0) is 25.1 Å². The van der Waals surface area contributed by atoms with Gasteiger partial charge in [-0.2, -0.15) is 0 Å². The van der Waals surface area contributed by atoms with Gasteiger partial charge in [-0.3, -0.25) is 5.01 Å². The molecule has 0 amide bonds. The average Bonchev–Trinajstić information content (AvgIpc) is 2.46. The fourth-order valence-electron chi connectivity index (χ4n) is 1.33. The Labute approximate surface area is 71.3 Å². The van der Waals surface area contributed by atoms with Gasteiger partial charge in [0, 0.05) is 12.2 Å². The molecular weight excluding hydrogens is 152 g/mol. The molecule has 4 heteroatoms. The van der Waals surface area contributed by atoms with E-state index in [9.17, 15) is 0 Å². The summed E-state index contributed by atoms with van der Waals surface area (Å²) in [6.45, 7) is 3.00. The predicted molar refractivity (Wildman–Crippen MR) is 50.6 cm³/mol. The summed E-state index contributed by atoms with van der Waals surface area (Å²) in [5, 5.41) is 2.02. The third-order valence-corrected chi connectivity index (χ3v) is 1.95. The van der Waals surface area contributed by atoms with E-state index in [1.165, 1.54) is 0 Å². The molecule has 4 N–H and O–H groups in total. The molecule has 1 aromatic rings. The molecule has 0 atom stereocenters. The van der Waals surface area contributed by atoms with Crippen LogP contribution in [0.5, 0.6) is 0 Å². The first-order chi connectivity index (χ1) is 5.81. The Morgan fingerprint density at radius 1 is 1.50 bits per heavy atom. The number of rotatable bonds is 1. The van der Waals surface area contributed by atoms with Gasteiger partial charge >= 0.3 is 0 Å². The predicted octanol–water partition coefficient (Wildman–Crippen LogP) is 0.940. The maximum Gasteiger partial charge on any atom is 0.0784 e. The molecule has 2 rings (SSSR count). The Morgan fingerprint density at radius 2 is 2.33 bits per heavy atom. The molecule has 0 aromatic heterocycles. The third kappa shape index (κ3) is 0.967. The van der Waals surface area contributed by atoms with Crippen LogP contribution in [0.2, 0.25) is 0 Å². The molecule has 12 heavy (non-hydrogen) atoms. The Morgan fingerprint density at radius 3 is 3.08 bits per heavy atom. The highest BCUT2D eigenvalue weighted by Crippen LogP contribution is 2.29. The van der Waals surface area contributed by atoms with Crippen molar-refractivity contribution < 1.29 is 0 Å². The fraction of sp³-hybridized carbons (Fsp3) is 0.250. The molecule has 1 aliphatic rings. The highest BCUT2D eigenvalue weighted by molar-refractivity contribution is 5.76. The van der Waals surface area contributed by atoms with E-state index in [1.807, 2.05) is 23.2 Å². The lowest BCUT2D eigenvalue weighted by Gasteiger charge is -2.14. The quantitative estimate of drug-likeness (QED) is 0.541. The SMILES string of the molecule is CCN1NNc2cc(N)ccc21. The van der Waals surface area contributed by atoms with Gasteiger partial charge in [-0.1, -0.05) is 0 Å². The van der Waals surface area contributed by atoms with Crippen molar-refractivity contribution in [1.82, 2.24) is 5.53 Å². The number of fused-ring (bicyclic) bond motifs is 1. The van der Waals surface area contributed by atoms with Crippen molar-refractivity contribution in [1.29, 1.82) is 0 Å². The van der Waals surface area contributed by atoms with Crippen molar-refractivity contribution in [3.63, 3.8) is 0 Å². The second kappa shape index (κ2) is 2.57. The van der Waals surface area contributed by atoms with Crippen LogP contribution in [0, 0.1) is 0 Å². The number of hydrazine groups is 2.